The van der Waals surface area contributed by atoms with E-state index in [0.717, 1.165) is 39.0 Å². The van der Waals surface area contributed by atoms with Crippen LogP contribution in [0.5, 0.6) is 5.75 Å². The molecular formula is C30H27NO5. The SMILES string of the molecule is Cc1oc2cc3oc(=O)c(CCC(=O)Nc4ccc(OCc5ccccc5)cc4)c(C)c3cc2c1C. The van der Waals surface area contributed by atoms with Gasteiger partial charge in [0.1, 0.15) is 29.3 Å². The molecule has 1 N–H and O–H groups in total. The molecular weight excluding hydrogens is 454 g/mol. The van der Waals surface area contributed by atoms with Gasteiger partial charge < -0.3 is 18.9 Å². The van der Waals surface area contributed by atoms with Crippen molar-refractivity contribution in [1.29, 1.82) is 0 Å². The number of anilines is 1. The van der Waals surface area contributed by atoms with Crippen LogP contribution in [0.15, 0.2) is 80.4 Å². The normalized spacial score (nSPS) is 11.2. The predicted molar refractivity (Wildman–Crippen MR) is 141 cm³/mol. The number of rotatable bonds is 7. The monoisotopic (exact) mass is 481 g/mol. The molecule has 0 spiro atoms. The number of amides is 1. The molecule has 5 rings (SSSR count). The number of hydrogen-bond donors (Lipinski definition) is 1. The second-order valence-electron chi connectivity index (χ2n) is 8.97. The summed E-state index contributed by atoms with van der Waals surface area (Å²) in [5, 5.41) is 4.74. The lowest BCUT2D eigenvalue weighted by Gasteiger charge is -2.10. The maximum absolute atomic E-state index is 12.7. The van der Waals surface area contributed by atoms with Gasteiger partial charge in [-0.05, 0) is 74.2 Å². The summed E-state index contributed by atoms with van der Waals surface area (Å²) in [6.45, 7) is 6.30. The van der Waals surface area contributed by atoms with Crippen LogP contribution in [0.2, 0.25) is 0 Å². The molecule has 2 heterocycles. The smallest absolute Gasteiger partial charge is 0.339 e. The molecule has 2 aromatic heterocycles. The number of benzene rings is 3. The van der Waals surface area contributed by atoms with Crippen LogP contribution in [-0.2, 0) is 17.8 Å². The summed E-state index contributed by atoms with van der Waals surface area (Å²) in [5.41, 5.74) is 4.92. The maximum Gasteiger partial charge on any atom is 0.339 e. The second-order valence-corrected chi connectivity index (χ2v) is 8.97. The molecule has 0 bridgehead atoms. The molecule has 0 aliphatic heterocycles. The first-order chi connectivity index (χ1) is 17.4. The van der Waals surface area contributed by atoms with Crippen LogP contribution < -0.4 is 15.7 Å². The molecule has 0 radical (unpaired) electrons. The highest BCUT2D eigenvalue weighted by atomic mass is 16.5. The quantitative estimate of drug-likeness (QED) is 0.264. The number of hydrogen-bond acceptors (Lipinski definition) is 5. The molecule has 1 amide bonds. The molecule has 0 aliphatic carbocycles. The Bertz CT molecular complexity index is 1610. The molecule has 0 unspecified atom stereocenters. The van der Waals surface area contributed by atoms with E-state index in [1.807, 2.05) is 69.3 Å². The van der Waals surface area contributed by atoms with Crippen LogP contribution >= 0.6 is 0 Å². The standard InChI is InChI=1S/C30H27NO5/c1-18-20(3)35-27-16-28-26(15-25(18)27)19(2)24(30(33)36-28)13-14-29(32)31-22-9-11-23(12-10-22)34-17-21-7-5-4-6-8-21/h4-12,15-16H,13-14,17H2,1-3H3,(H,31,32). The van der Waals surface area contributed by atoms with Gasteiger partial charge in [-0.3, -0.25) is 4.79 Å². The number of nitrogens with one attached hydrogen (secondary N) is 1. The van der Waals surface area contributed by atoms with E-state index in [4.69, 9.17) is 13.6 Å². The van der Waals surface area contributed by atoms with Gasteiger partial charge in [0.05, 0.1) is 0 Å². The van der Waals surface area contributed by atoms with E-state index < -0.39 is 5.63 Å². The van der Waals surface area contributed by atoms with Crippen LogP contribution in [0, 0.1) is 20.8 Å². The van der Waals surface area contributed by atoms with Gasteiger partial charge in [-0.2, -0.15) is 0 Å². The maximum atomic E-state index is 12.7. The number of aryl methyl sites for hydroxylation is 3. The van der Waals surface area contributed by atoms with E-state index in [1.165, 1.54) is 0 Å². The summed E-state index contributed by atoms with van der Waals surface area (Å²) >= 11 is 0. The van der Waals surface area contributed by atoms with Crippen LogP contribution in [0.3, 0.4) is 0 Å². The Hall–Kier alpha value is -4.32. The number of carbonyl (C=O) groups excluding carboxylic acids is 1. The fourth-order valence-corrected chi connectivity index (χ4v) is 4.35. The first-order valence-electron chi connectivity index (χ1n) is 11.9. The molecule has 0 saturated carbocycles. The van der Waals surface area contributed by atoms with Gasteiger partial charge >= 0.3 is 5.63 Å². The van der Waals surface area contributed by atoms with E-state index in [9.17, 15) is 9.59 Å². The van der Waals surface area contributed by atoms with Crippen molar-refractivity contribution in [2.45, 2.75) is 40.2 Å². The summed E-state index contributed by atoms with van der Waals surface area (Å²) in [6.07, 6.45) is 0.450. The first-order valence-corrected chi connectivity index (χ1v) is 11.9. The number of ether oxygens (including phenoxy) is 1. The Labute approximate surface area is 208 Å². The van der Waals surface area contributed by atoms with Crippen LogP contribution in [-0.4, -0.2) is 5.91 Å². The van der Waals surface area contributed by atoms with Crippen LogP contribution in [0.1, 0.15) is 34.4 Å². The minimum Gasteiger partial charge on any atom is -0.489 e. The Morgan fingerprint density at radius 2 is 1.56 bits per heavy atom. The van der Waals surface area contributed by atoms with Crippen LogP contribution in [0.4, 0.5) is 5.69 Å². The molecule has 6 heteroatoms. The number of furan rings is 1. The van der Waals surface area contributed by atoms with Gasteiger partial charge in [0.15, 0.2) is 0 Å². The minimum absolute atomic E-state index is 0.162. The van der Waals surface area contributed by atoms with Gasteiger partial charge in [-0.25, -0.2) is 4.79 Å². The van der Waals surface area contributed by atoms with Gasteiger partial charge in [-0.1, -0.05) is 30.3 Å². The van der Waals surface area contributed by atoms with Crippen molar-refractivity contribution in [2.75, 3.05) is 5.32 Å². The summed E-state index contributed by atoms with van der Waals surface area (Å²) in [7, 11) is 0. The van der Waals surface area contributed by atoms with Crippen molar-refractivity contribution in [3.8, 4) is 5.75 Å². The lowest BCUT2D eigenvalue weighted by Crippen LogP contribution is -2.16. The minimum atomic E-state index is -0.424. The molecule has 0 atom stereocenters. The van der Waals surface area contributed by atoms with Crippen molar-refractivity contribution in [2.24, 2.45) is 0 Å². The van der Waals surface area contributed by atoms with E-state index >= 15 is 0 Å². The summed E-state index contributed by atoms with van der Waals surface area (Å²) in [4.78, 5) is 25.3. The van der Waals surface area contributed by atoms with E-state index in [-0.39, 0.29) is 18.7 Å². The van der Waals surface area contributed by atoms with Crippen molar-refractivity contribution >= 4 is 33.5 Å². The Kier molecular flexibility index (Phi) is 6.34. The molecule has 0 fully saturated rings. The highest BCUT2D eigenvalue weighted by molar-refractivity contribution is 5.97. The molecule has 3 aromatic carbocycles. The lowest BCUT2D eigenvalue weighted by atomic mass is 10.0. The van der Waals surface area contributed by atoms with Gasteiger partial charge in [-0.15, -0.1) is 0 Å². The van der Waals surface area contributed by atoms with Crippen molar-refractivity contribution < 1.29 is 18.4 Å². The molecule has 182 valence electrons. The topological polar surface area (TPSA) is 81.7 Å². The third kappa shape index (κ3) is 4.75. The highest BCUT2D eigenvalue weighted by Crippen LogP contribution is 2.31. The fraction of sp³-hybridized carbons (Fsp3) is 0.200. The van der Waals surface area contributed by atoms with Gasteiger partial charge in [0.25, 0.3) is 0 Å². The lowest BCUT2D eigenvalue weighted by molar-refractivity contribution is -0.116. The van der Waals surface area contributed by atoms with E-state index in [1.54, 1.807) is 18.2 Å². The Morgan fingerprint density at radius 1 is 0.861 bits per heavy atom. The number of carbonyl (C=O) groups is 1. The average Bonchev–Trinajstić information content (AvgIpc) is 3.15. The third-order valence-corrected chi connectivity index (χ3v) is 6.57. The van der Waals surface area contributed by atoms with Crippen LogP contribution in [0.25, 0.3) is 21.9 Å². The fourth-order valence-electron chi connectivity index (χ4n) is 4.35. The zero-order valence-electron chi connectivity index (χ0n) is 20.5. The molecule has 5 aromatic rings. The largest absolute Gasteiger partial charge is 0.489 e. The van der Waals surface area contributed by atoms with Crippen molar-refractivity contribution in [1.82, 2.24) is 0 Å². The second kappa shape index (κ2) is 9.74. The molecule has 6 nitrogen and oxygen atoms in total. The highest BCUT2D eigenvalue weighted by Gasteiger charge is 2.16. The van der Waals surface area contributed by atoms with Crippen molar-refractivity contribution in [3.63, 3.8) is 0 Å². The number of fused-ring (bicyclic) bond motifs is 2. The first kappa shape index (κ1) is 23.4. The van der Waals surface area contributed by atoms with E-state index in [2.05, 4.69) is 5.32 Å². The Balaban J connectivity index is 1.25. The summed E-state index contributed by atoms with van der Waals surface area (Å²) < 4.78 is 17.1. The van der Waals surface area contributed by atoms with E-state index in [0.29, 0.717) is 29.0 Å². The predicted octanol–water partition coefficient (Wildman–Crippen LogP) is 6.61. The average molecular weight is 482 g/mol. The zero-order chi connectivity index (χ0) is 25.2. The van der Waals surface area contributed by atoms with Gasteiger partial charge in [0, 0.05) is 34.5 Å². The zero-order valence-corrected chi connectivity index (χ0v) is 20.5. The summed E-state index contributed by atoms with van der Waals surface area (Å²) in [6, 6.07) is 20.9. The van der Waals surface area contributed by atoms with Crippen molar-refractivity contribution in [3.05, 3.63) is 105 Å². The molecule has 0 saturated heterocycles. The summed E-state index contributed by atoms with van der Waals surface area (Å²) in [5.74, 6) is 1.38. The molecule has 36 heavy (non-hydrogen) atoms. The van der Waals surface area contributed by atoms with Gasteiger partial charge in [0.2, 0.25) is 5.91 Å². The Morgan fingerprint density at radius 3 is 2.31 bits per heavy atom. The third-order valence-electron chi connectivity index (χ3n) is 6.57. The molecule has 0 aliphatic rings.